The van der Waals surface area contributed by atoms with Crippen LogP contribution in [0.15, 0.2) is 36.5 Å². The van der Waals surface area contributed by atoms with Crippen LogP contribution in [0.4, 0.5) is 0 Å². The molecule has 2 rings (SSSR count). The summed E-state index contributed by atoms with van der Waals surface area (Å²) in [5.41, 5.74) is 1.17. The van der Waals surface area contributed by atoms with E-state index in [9.17, 15) is 9.59 Å². The van der Waals surface area contributed by atoms with Crippen LogP contribution in [0, 0.1) is 0 Å². The van der Waals surface area contributed by atoms with Crippen molar-refractivity contribution in [2.24, 2.45) is 0 Å². The molecule has 0 aliphatic carbocycles. The lowest BCUT2D eigenvalue weighted by atomic mass is 10.2. The number of hydrogen-bond donors (Lipinski definition) is 2. The van der Waals surface area contributed by atoms with E-state index in [1.807, 2.05) is 18.3 Å². The highest BCUT2D eigenvalue weighted by Crippen LogP contribution is 2.15. The first kappa shape index (κ1) is 13.1. The van der Waals surface area contributed by atoms with Crippen LogP contribution < -0.4 is 5.32 Å². The number of aryl methyl sites for hydroxylation is 1. The number of carbonyl (C=O) groups is 2. The minimum absolute atomic E-state index is 0.440. The molecule has 2 aromatic rings. The summed E-state index contributed by atoms with van der Waals surface area (Å²) in [7, 11) is 0. The van der Waals surface area contributed by atoms with Crippen LogP contribution in [-0.2, 0) is 16.1 Å². The van der Waals surface area contributed by atoms with Crippen LogP contribution in [0.2, 0.25) is 0 Å². The standard InChI is InChI=1S/C14H16N2O3/c17-13(10-14(18)19)15-7-3-8-16-9-6-11-4-1-2-5-12(11)16/h1-2,4-6,9H,3,7-8,10H2,(H,15,17)(H,18,19). The van der Waals surface area contributed by atoms with E-state index in [4.69, 9.17) is 5.11 Å². The molecule has 0 aliphatic heterocycles. The van der Waals surface area contributed by atoms with Crippen LogP contribution >= 0.6 is 0 Å². The Bertz CT molecular complexity index is 589. The van der Waals surface area contributed by atoms with Crippen molar-refractivity contribution in [2.45, 2.75) is 19.4 Å². The van der Waals surface area contributed by atoms with Gasteiger partial charge < -0.3 is 15.0 Å². The number of aliphatic carboxylic acids is 1. The van der Waals surface area contributed by atoms with E-state index in [1.54, 1.807) is 0 Å². The molecule has 5 heteroatoms. The van der Waals surface area contributed by atoms with Gasteiger partial charge in [-0.3, -0.25) is 9.59 Å². The van der Waals surface area contributed by atoms with Gasteiger partial charge in [0.15, 0.2) is 0 Å². The summed E-state index contributed by atoms with van der Waals surface area (Å²) in [6.45, 7) is 1.28. The summed E-state index contributed by atoms with van der Waals surface area (Å²) in [6, 6.07) is 10.2. The highest BCUT2D eigenvalue weighted by molar-refractivity contribution is 5.93. The van der Waals surface area contributed by atoms with E-state index < -0.39 is 18.3 Å². The number of carbonyl (C=O) groups excluding carboxylic acids is 1. The highest BCUT2D eigenvalue weighted by atomic mass is 16.4. The average molecular weight is 260 g/mol. The van der Waals surface area contributed by atoms with E-state index in [1.165, 1.54) is 10.9 Å². The summed E-state index contributed by atoms with van der Waals surface area (Å²) in [5.74, 6) is -1.54. The number of carboxylic acid groups (broad SMARTS) is 1. The lowest BCUT2D eigenvalue weighted by Gasteiger charge is -2.06. The van der Waals surface area contributed by atoms with Crippen LogP contribution in [0.5, 0.6) is 0 Å². The largest absolute Gasteiger partial charge is 0.481 e. The van der Waals surface area contributed by atoms with Crippen molar-refractivity contribution >= 4 is 22.8 Å². The zero-order chi connectivity index (χ0) is 13.7. The maximum atomic E-state index is 11.1. The molecule has 5 nitrogen and oxygen atoms in total. The molecule has 1 aromatic carbocycles. The Morgan fingerprint density at radius 1 is 1.21 bits per heavy atom. The second kappa shape index (κ2) is 6.04. The number of rotatable bonds is 6. The number of fused-ring (bicyclic) bond motifs is 1. The first-order chi connectivity index (χ1) is 9.16. The third-order valence-corrected chi connectivity index (χ3v) is 2.89. The number of nitrogens with zero attached hydrogens (tertiary/aromatic N) is 1. The summed E-state index contributed by atoms with van der Waals surface area (Å²) in [5, 5.41) is 12.2. The molecule has 0 unspecified atom stereocenters. The molecule has 1 aromatic heterocycles. The summed E-state index contributed by atoms with van der Waals surface area (Å²) in [6.07, 6.45) is 2.32. The SMILES string of the molecule is O=C(O)CC(=O)NCCCn1ccc2ccccc21. The summed E-state index contributed by atoms with van der Waals surface area (Å²) < 4.78 is 2.12. The van der Waals surface area contributed by atoms with E-state index in [-0.39, 0.29) is 0 Å². The van der Waals surface area contributed by atoms with Crippen LogP contribution in [0.3, 0.4) is 0 Å². The zero-order valence-electron chi connectivity index (χ0n) is 10.5. The third-order valence-electron chi connectivity index (χ3n) is 2.89. The number of hydrogen-bond acceptors (Lipinski definition) is 2. The molecule has 0 saturated carbocycles. The Labute approximate surface area is 110 Å². The van der Waals surface area contributed by atoms with Gasteiger partial charge in [0.25, 0.3) is 0 Å². The minimum atomic E-state index is -1.10. The Kier molecular flexibility index (Phi) is 4.18. The Morgan fingerprint density at radius 3 is 2.79 bits per heavy atom. The monoisotopic (exact) mass is 260 g/mol. The van der Waals surface area contributed by atoms with Gasteiger partial charge in [-0.15, -0.1) is 0 Å². The van der Waals surface area contributed by atoms with Gasteiger partial charge in [0.1, 0.15) is 6.42 Å². The van der Waals surface area contributed by atoms with Crippen molar-refractivity contribution in [1.29, 1.82) is 0 Å². The zero-order valence-corrected chi connectivity index (χ0v) is 10.5. The van der Waals surface area contributed by atoms with Crippen molar-refractivity contribution in [3.8, 4) is 0 Å². The van der Waals surface area contributed by atoms with E-state index in [2.05, 4.69) is 28.1 Å². The second-order valence-electron chi connectivity index (χ2n) is 4.34. The van der Waals surface area contributed by atoms with Crippen LogP contribution in [-0.4, -0.2) is 28.1 Å². The van der Waals surface area contributed by atoms with Crippen molar-refractivity contribution in [2.75, 3.05) is 6.54 Å². The molecule has 0 saturated heterocycles. The Hall–Kier alpha value is -2.30. The first-order valence-corrected chi connectivity index (χ1v) is 6.19. The van der Waals surface area contributed by atoms with Gasteiger partial charge >= 0.3 is 5.97 Å². The highest BCUT2D eigenvalue weighted by Gasteiger charge is 2.06. The summed E-state index contributed by atoms with van der Waals surface area (Å²) >= 11 is 0. The van der Waals surface area contributed by atoms with Crippen LogP contribution in [0.1, 0.15) is 12.8 Å². The lowest BCUT2D eigenvalue weighted by Crippen LogP contribution is -2.27. The van der Waals surface area contributed by atoms with Gasteiger partial charge in [-0.05, 0) is 23.9 Å². The molecular formula is C14H16N2O3. The van der Waals surface area contributed by atoms with Crippen molar-refractivity contribution in [3.63, 3.8) is 0 Å². The molecule has 0 fully saturated rings. The maximum Gasteiger partial charge on any atom is 0.312 e. The topological polar surface area (TPSA) is 71.3 Å². The van der Waals surface area contributed by atoms with Crippen molar-refractivity contribution in [3.05, 3.63) is 36.5 Å². The molecule has 0 spiro atoms. The molecule has 1 heterocycles. The van der Waals surface area contributed by atoms with Gasteiger partial charge in [0, 0.05) is 24.8 Å². The second-order valence-corrected chi connectivity index (χ2v) is 4.34. The van der Waals surface area contributed by atoms with E-state index >= 15 is 0 Å². The fraction of sp³-hybridized carbons (Fsp3) is 0.286. The third kappa shape index (κ3) is 3.58. The predicted molar refractivity (Wildman–Crippen MR) is 71.8 cm³/mol. The van der Waals surface area contributed by atoms with Crippen LogP contribution in [0.25, 0.3) is 10.9 Å². The molecular weight excluding hydrogens is 244 g/mol. The van der Waals surface area contributed by atoms with Gasteiger partial charge in [0.05, 0.1) is 0 Å². The average Bonchev–Trinajstić information content (AvgIpc) is 2.77. The number of benzene rings is 1. The van der Waals surface area contributed by atoms with Gasteiger partial charge in [-0.1, -0.05) is 18.2 Å². The van der Waals surface area contributed by atoms with E-state index in [0.29, 0.717) is 6.54 Å². The Morgan fingerprint density at radius 2 is 2.00 bits per heavy atom. The maximum absolute atomic E-state index is 11.1. The smallest absolute Gasteiger partial charge is 0.312 e. The molecule has 0 aliphatic rings. The van der Waals surface area contributed by atoms with E-state index in [0.717, 1.165) is 13.0 Å². The number of para-hydroxylation sites is 1. The lowest BCUT2D eigenvalue weighted by molar-refractivity contribution is -0.140. The quantitative estimate of drug-likeness (QED) is 0.612. The fourth-order valence-electron chi connectivity index (χ4n) is 2.01. The van der Waals surface area contributed by atoms with Gasteiger partial charge in [-0.2, -0.15) is 0 Å². The molecule has 0 bridgehead atoms. The van der Waals surface area contributed by atoms with Gasteiger partial charge in [0.2, 0.25) is 5.91 Å². The number of nitrogens with one attached hydrogen (secondary N) is 1. The molecule has 100 valence electrons. The summed E-state index contributed by atoms with van der Waals surface area (Å²) in [4.78, 5) is 21.4. The number of amides is 1. The van der Waals surface area contributed by atoms with Crippen molar-refractivity contribution < 1.29 is 14.7 Å². The number of carboxylic acids is 1. The molecule has 19 heavy (non-hydrogen) atoms. The minimum Gasteiger partial charge on any atom is -0.481 e. The molecule has 2 N–H and O–H groups in total. The van der Waals surface area contributed by atoms with Gasteiger partial charge in [-0.25, -0.2) is 0 Å². The normalized spacial score (nSPS) is 10.5. The predicted octanol–water partition coefficient (Wildman–Crippen LogP) is 1.62. The molecule has 0 radical (unpaired) electrons. The fourth-order valence-corrected chi connectivity index (χ4v) is 2.01. The molecule has 1 amide bonds. The molecule has 0 atom stereocenters. The Balaban J connectivity index is 1.80. The van der Waals surface area contributed by atoms with Crippen molar-refractivity contribution in [1.82, 2.24) is 9.88 Å². The number of aromatic nitrogens is 1. The first-order valence-electron chi connectivity index (χ1n) is 6.19.